The van der Waals surface area contributed by atoms with E-state index in [4.69, 9.17) is 15.0 Å². The number of ether oxygens (including phenoxy) is 1. The minimum Gasteiger partial charge on any atom is -0.507 e. The molecule has 6 heterocycles. The first-order valence-corrected chi connectivity index (χ1v) is 24.6. The number of phenols is 1. The summed E-state index contributed by atoms with van der Waals surface area (Å²) in [6, 6.07) is 25.9. The Morgan fingerprint density at radius 2 is 1.67 bits per heavy atom. The summed E-state index contributed by atoms with van der Waals surface area (Å²) >= 11 is 1.59. The molecule has 2 saturated heterocycles. The number of hydrogen-bond donors (Lipinski definition) is 4. The van der Waals surface area contributed by atoms with E-state index in [1.165, 1.54) is 4.90 Å². The van der Waals surface area contributed by atoms with Crippen molar-refractivity contribution in [3.05, 3.63) is 125 Å². The Hall–Kier alpha value is -7.15. The van der Waals surface area contributed by atoms with Gasteiger partial charge in [-0.25, -0.2) is 4.98 Å². The van der Waals surface area contributed by atoms with Gasteiger partial charge in [0.05, 0.1) is 46.2 Å². The molecule has 0 aliphatic carbocycles. The Morgan fingerprint density at radius 3 is 2.39 bits per heavy atom. The largest absolute Gasteiger partial charge is 0.507 e. The van der Waals surface area contributed by atoms with Crippen LogP contribution in [0.3, 0.4) is 0 Å². The van der Waals surface area contributed by atoms with Crippen molar-refractivity contribution in [3.63, 3.8) is 0 Å². The fourth-order valence-electron chi connectivity index (χ4n) is 9.37. The third kappa shape index (κ3) is 10.4. The minimum atomic E-state index is -0.832. The second-order valence-electron chi connectivity index (χ2n) is 18.5. The Kier molecular flexibility index (Phi) is 14.3. The second kappa shape index (κ2) is 20.8. The van der Waals surface area contributed by atoms with Crippen molar-refractivity contribution in [1.82, 2.24) is 45.2 Å². The van der Waals surface area contributed by atoms with E-state index in [-0.39, 0.29) is 54.3 Å². The van der Waals surface area contributed by atoms with Gasteiger partial charge >= 0.3 is 0 Å². The number of likely N-dealkylation sites (tertiary alicyclic amines) is 1. The van der Waals surface area contributed by atoms with Crippen LogP contribution in [-0.2, 0) is 9.59 Å². The average molecular weight is 966 g/mol. The number of nitrogen functional groups attached to an aromatic ring is 1. The Labute approximate surface area is 410 Å². The van der Waals surface area contributed by atoms with Crippen molar-refractivity contribution >= 4 is 34.7 Å². The third-order valence-corrected chi connectivity index (χ3v) is 14.4. The van der Waals surface area contributed by atoms with Crippen LogP contribution in [0.15, 0.2) is 107 Å². The number of nitrogens with zero attached hydrogens (tertiary/aromatic N) is 9. The number of para-hydroxylation sites is 1. The highest BCUT2D eigenvalue weighted by atomic mass is 32.1. The van der Waals surface area contributed by atoms with Gasteiger partial charge in [-0.1, -0.05) is 62.4 Å². The number of hydrogen-bond acceptors (Lipinski definition) is 15. The molecule has 5 atom stereocenters. The molecule has 0 spiro atoms. The van der Waals surface area contributed by atoms with Gasteiger partial charge in [-0.3, -0.25) is 19.2 Å². The van der Waals surface area contributed by atoms with Crippen LogP contribution in [0.25, 0.3) is 32.8 Å². The van der Waals surface area contributed by atoms with Crippen molar-refractivity contribution in [3.8, 4) is 44.5 Å². The van der Waals surface area contributed by atoms with E-state index in [0.717, 1.165) is 64.7 Å². The monoisotopic (exact) mass is 965 g/mol. The predicted molar refractivity (Wildman–Crippen MR) is 268 cm³/mol. The van der Waals surface area contributed by atoms with E-state index >= 15 is 0 Å². The normalized spacial score (nSPS) is 17.7. The number of aromatic hydroxyl groups is 1. The average Bonchev–Trinajstić information content (AvgIpc) is 4.21. The van der Waals surface area contributed by atoms with Gasteiger partial charge in [0.2, 0.25) is 11.8 Å². The number of aromatic nitrogens is 6. The van der Waals surface area contributed by atoms with Gasteiger partial charge in [-0.15, -0.1) is 21.5 Å². The molecule has 3 aromatic carbocycles. The zero-order valence-corrected chi connectivity index (χ0v) is 40.8. The number of anilines is 2. The quantitative estimate of drug-likeness (QED) is 0.0761. The number of benzene rings is 3. The molecular weight excluding hydrogens is 907 g/mol. The molecule has 0 radical (unpaired) electrons. The lowest BCUT2D eigenvalue weighted by molar-refractivity contribution is -0.141. The number of β-amino-alcohol motifs (C(OH)–C–C–N with tert-alkyl or cyclic N) is 1. The number of carbonyl (C=O) groups is 2. The van der Waals surface area contributed by atoms with Crippen LogP contribution in [0.4, 0.5) is 11.5 Å². The van der Waals surface area contributed by atoms with Gasteiger partial charge in [0.15, 0.2) is 11.6 Å². The van der Waals surface area contributed by atoms with Gasteiger partial charge < -0.3 is 40.3 Å². The van der Waals surface area contributed by atoms with Crippen LogP contribution < -0.4 is 20.7 Å². The maximum atomic E-state index is 14.2. The molecular formula is C52H59N11O6S. The fraction of sp³-hybridized carbons (Fsp3) is 0.365. The summed E-state index contributed by atoms with van der Waals surface area (Å²) < 4.78 is 13.7. The molecule has 7 aromatic rings. The molecule has 2 aliphatic rings. The highest BCUT2D eigenvalue weighted by Crippen LogP contribution is 2.35. The lowest BCUT2D eigenvalue weighted by atomic mass is 9.91. The van der Waals surface area contributed by atoms with E-state index in [9.17, 15) is 19.8 Å². The Balaban J connectivity index is 0.742. The molecule has 17 nitrogen and oxygen atoms in total. The zero-order chi connectivity index (χ0) is 49.1. The first-order chi connectivity index (χ1) is 33.8. The number of piperazine rings is 1. The molecule has 364 valence electrons. The maximum Gasteiger partial charge on any atom is 0.254 e. The van der Waals surface area contributed by atoms with Crippen LogP contribution in [0.5, 0.6) is 11.6 Å². The number of carbonyl (C=O) groups excluding carboxylic acids is 2. The minimum absolute atomic E-state index is 0.0417. The zero-order valence-electron chi connectivity index (χ0n) is 40.0. The van der Waals surface area contributed by atoms with Crippen molar-refractivity contribution in [1.29, 1.82) is 0 Å². The van der Waals surface area contributed by atoms with E-state index in [1.807, 2.05) is 80.5 Å². The van der Waals surface area contributed by atoms with Gasteiger partial charge in [-0.05, 0) is 78.9 Å². The number of nitrogens with two attached hydrogens (primary N) is 1. The number of aliphatic hydroxyl groups excluding tert-OH is 1. The van der Waals surface area contributed by atoms with Gasteiger partial charge in [0.25, 0.3) is 5.88 Å². The molecule has 2 aliphatic heterocycles. The van der Waals surface area contributed by atoms with Crippen molar-refractivity contribution in [2.24, 2.45) is 5.92 Å². The SMILES string of the molecule is Cc1ncsc1-c1ccc([C@H](C)NC(=O)[C@@H]2C[C@@H](O)CN2C(=O)[C@@H](c2cc(OCCN3CCN(c4ccc(C(C)n5cc(-c6cc(-c7ccccc7O)nnc6N)cn5)cc4)CC3)no2)C(C)C)cc1. The number of nitrogens with one attached hydrogen (secondary N) is 1. The summed E-state index contributed by atoms with van der Waals surface area (Å²) in [6.07, 6.45) is 3.03. The van der Waals surface area contributed by atoms with Crippen LogP contribution in [0.2, 0.25) is 0 Å². The molecule has 18 heteroatoms. The van der Waals surface area contributed by atoms with Crippen LogP contribution in [-0.4, -0.2) is 120 Å². The van der Waals surface area contributed by atoms with E-state index in [0.29, 0.717) is 41.6 Å². The van der Waals surface area contributed by atoms with Crippen molar-refractivity contribution in [2.45, 2.75) is 71.2 Å². The molecule has 9 rings (SSSR count). The molecule has 0 saturated carbocycles. The van der Waals surface area contributed by atoms with Gasteiger partial charge in [0.1, 0.15) is 24.3 Å². The highest BCUT2D eigenvalue weighted by molar-refractivity contribution is 7.13. The number of rotatable bonds is 16. The summed E-state index contributed by atoms with van der Waals surface area (Å²) in [4.78, 5) is 39.6. The van der Waals surface area contributed by atoms with E-state index in [2.05, 4.69) is 71.7 Å². The number of amides is 2. The van der Waals surface area contributed by atoms with Crippen LogP contribution in [0.1, 0.15) is 74.7 Å². The van der Waals surface area contributed by atoms with Gasteiger partial charge in [0, 0.05) is 80.3 Å². The third-order valence-electron chi connectivity index (χ3n) is 13.5. The number of aryl methyl sites for hydroxylation is 1. The predicted octanol–water partition coefficient (Wildman–Crippen LogP) is 7.10. The number of aliphatic hydroxyl groups is 1. The van der Waals surface area contributed by atoms with Crippen LogP contribution in [0, 0.1) is 12.8 Å². The summed E-state index contributed by atoms with van der Waals surface area (Å²) in [5.41, 5.74) is 15.9. The first kappa shape index (κ1) is 47.9. The molecule has 5 N–H and O–H groups in total. The maximum absolute atomic E-state index is 14.2. The molecule has 2 amide bonds. The molecule has 2 fully saturated rings. The number of phenolic OH excluding ortho intramolecular Hbond substituents is 1. The molecule has 1 unspecified atom stereocenters. The summed E-state index contributed by atoms with van der Waals surface area (Å²) in [5, 5.41) is 41.3. The highest BCUT2D eigenvalue weighted by Gasteiger charge is 2.43. The van der Waals surface area contributed by atoms with E-state index in [1.54, 1.807) is 41.8 Å². The van der Waals surface area contributed by atoms with Crippen LogP contribution >= 0.6 is 11.3 Å². The molecule has 70 heavy (non-hydrogen) atoms. The summed E-state index contributed by atoms with van der Waals surface area (Å²) in [5.74, 6) is -0.467. The number of thiazole rings is 1. The smallest absolute Gasteiger partial charge is 0.254 e. The first-order valence-electron chi connectivity index (χ1n) is 23.7. The lowest BCUT2D eigenvalue weighted by Crippen LogP contribution is -2.48. The lowest BCUT2D eigenvalue weighted by Gasteiger charge is -2.36. The van der Waals surface area contributed by atoms with Crippen molar-refractivity contribution < 1.29 is 29.1 Å². The molecule has 0 bridgehead atoms. The summed E-state index contributed by atoms with van der Waals surface area (Å²) in [7, 11) is 0. The summed E-state index contributed by atoms with van der Waals surface area (Å²) in [6.45, 7) is 14.4. The topological polar surface area (TPSA) is 214 Å². The second-order valence-corrected chi connectivity index (χ2v) is 19.4. The molecule has 4 aromatic heterocycles. The van der Waals surface area contributed by atoms with Gasteiger partial charge in [-0.2, -0.15) is 5.10 Å². The standard InChI is InChI=1S/C52H59N11O6S/c1-31(2)48(52(67)62-29-40(64)24-44(62)51(66)56-32(3)35-10-12-37(13-11-35)49-33(4)54-30-70-49)46-26-47(59-69-46)68-23-22-60-18-20-61(21-19-60)39-16-14-36(15-17-39)34(5)63-28-38(27-55-63)42-25-43(57-58-50(42)53)41-8-6-7-9-45(41)65/h6-17,25-28,30-32,34,40,44,48,64-65H,18-24,29H2,1-5H3,(H2,53,58)(H,56,66)/t32-,34?,40+,44-,48+/m0/s1. The van der Waals surface area contributed by atoms with E-state index < -0.39 is 18.1 Å². The Morgan fingerprint density at radius 1 is 0.929 bits per heavy atom. The fourth-order valence-corrected chi connectivity index (χ4v) is 10.2. The Bertz CT molecular complexity index is 2910. The van der Waals surface area contributed by atoms with Crippen molar-refractivity contribution in [2.75, 3.05) is 56.5 Å².